The molecule has 1 saturated heterocycles. The lowest BCUT2D eigenvalue weighted by Crippen LogP contribution is -2.46. The molecule has 1 aromatic carbocycles. The van der Waals surface area contributed by atoms with Crippen LogP contribution in [-0.2, 0) is 14.6 Å². The number of hydrogen-bond acceptors (Lipinski definition) is 5. The second-order valence-corrected chi connectivity index (χ2v) is 8.03. The van der Waals surface area contributed by atoms with Crippen molar-refractivity contribution in [3.05, 3.63) is 36.0 Å². The summed E-state index contributed by atoms with van der Waals surface area (Å²) in [7, 11) is 0.0853. The van der Waals surface area contributed by atoms with Crippen LogP contribution in [0.15, 0.2) is 30.5 Å². The fourth-order valence-electron chi connectivity index (χ4n) is 2.67. The number of sulfone groups is 1. The fraction of sp³-hybridized carbons (Fsp3) is 0.471. The van der Waals surface area contributed by atoms with Gasteiger partial charge in [-0.2, -0.15) is 0 Å². The second kappa shape index (κ2) is 8.87. The summed E-state index contributed by atoms with van der Waals surface area (Å²) in [5, 5.41) is 2.70. The van der Waals surface area contributed by atoms with Gasteiger partial charge in [0.25, 0.3) is 0 Å². The molecule has 8 heteroatoms. The smallest absolute Gasteiger partial charge is 0.321 e. The Balaban J connectivity index is 1.97. The van der Waals surface area contributed by atoms with Crippen molar-refractivity contribution >= 4 is 21.9 Å². The molecule has 0 aliphatic carbocycles. The molecule has 0 aromatic heterocycles. The van der Waals surface area contributed by atoms with E-state index in [1.807, 2.05) is 24.3 Å². The first-order valence-electron chi connectivity index (χ1n) is 8.02. The molecule has 1 unspecified atom stereocenters. The molecular formula is C17H24N2O5S. The lowest BCUT2D eigenvalue weighted by molar-refractivity contribution is 0.135. The Kier molecular flexibility index (Phi) is 6.83. The molecule has 1 N–H and O–H groups in total. The molecule has 1 aliphatic rings. The molecule has 1 heterocycles. The molecule has 138 valence electrons. The summed E-state index contributed by atoms with van der Waals surface area (Å²) in [4.78, 5) is 14.0. The van der Waals surface area contributed by atoms with E-state index < -0.39 is 9.84 Å². The minimum atomic E-state index is -3.06. The minimum Gasteiger partial charge on any atom is -0.497 e. The van der Waals surface area contributed by atoms with Gasteiger partial charge in [0.2, 0.25) is 0 Å². The van der Waals surface area contributed by atoms with Gasteiger partial charge in [0.05, 0.1) is 25.2 Å². The van der Waals surface area contributed by atoms with Crippen molar-refractivity contribution in [2.75, 3.05) is 38.9 Å². The van der Waals surface area contributed by atoms with Gasteiger partial charge in [-0.15, -0.1) is 0 Å². The Morgan fingerprint density at radius 3 is 2.60 bits per heavy atom. The van der Waals surface area contributed by atoms with Crippen molar-refractivity contribution in [1.82, 2.24) is 10.2 Å². The van der Waals surface area contributed by atoms with Gasteiger partial charge in [0.15, 0.2) is 9.84 Å². The Labute approximate surface area is 148 Å². The van der Waals surface area contributed by atoms with Gasteiger partial charge in [-0.05, 0) is 30.2 Å². The Hall–Kier alpha value is -2.06. The van der Waals surface area contributed by atoms with Crippen LogP contribution >= 0.6 is 0 Å². The number of nitrogens with zero attached hydrogens (tertiary/aromatic N) is 1. The standard InChI is InChI=1S/C17H24N2O5S/c1-23-11-10-19(15-8-12-25(21,22)13-15)17(20)18-9-7-14-3-5-16(24-2)6-4-14/h3-7,9,15H,8,10-13H2,1-2H3,(H,18,20)/b9-7+. The van der Waals surface area contributed by atoms with Gasteiger partial charge in [-0.1, -0.05) is 12.1 Å². The van der Waals surface area contributed by atoms with Crippen LogP contribution < -0.4 is 10.1 Å². The number of urea groups is 1. The van der Waals surface area contributed by atoms with Crippen molar-refractivity contribution in [3.8, 4) is 5.75 Å². The molecular weight excluding hydrogens is 344 g/mol. The van der Waals surface area contributed by atoms with Crippen molar-refractivity contribution < 1.29 is 22.7 Å². The quantitative estimate of drug-likeness (QED) is 0.789. The van der Waals surface area contributed by atoms with E-state index in [9.17, 15) is 13.2 Å². The number of benzene rings is 1. The monoisotopic (exact) mass is 368 g/mol. The first-order chi connectivity index (χ1) is 11.9. The number of nitrogens with one attached hydrogen (secondary N) is 1. The first kappa shape index (κ1) is 19.3. The number of methoxy groups -OCH3 is 2. The van der Waals surface area contributed by atoms with E-state index >= 15 is 0 Å². The largest absolute Gasteiger partial charge is 0.497 e. The predicted molar refractivity (Wildman–Crippen MR) is 96.2 cm³/mol. The Morgan fingerprint density at radius 1 is 1.32 bits per heavy atom. The van der Waals surface area contributed by atoms with Crippen LogP contribution in [0.3, 0.4) is 0 Å². The third-order valence-corrected chi connectivity index (χ3v) is 5.80. The van der Waals surface area contributed by atoms with Gasteiger partial charge in [0, 0.05) is 25.9 Å². The number of hydrogen-bond donors (Lipinski definition) is 1. The van der Waals surface area contributed by atoms with Crippen LogP contribution in [0.25, 0.3) is 6.08 Å². The van der Waals surface area contributed by atoms with Crippen molar-refractivity contribution in [2.45, 2.75) is 12.5 Å². The molecule has 0 bridgehead atoms. The molecule has 0 saturated carbocycles. The second-order valence-electron chi connectivity index (χ2n) is 5.80. The van der Waals surface area contributed by atoms with Gasteiger partial charge in [-0.25, -0.2) is 13.2 Å². The topological polar surface area (TPSA) is 84.9 Å². The molecule has 0 spiro atoms. The third kappa shape index (κ3) is 5.75. The van der Waals surface area contributed by atoms with Crippen molar-refractivity contribution in [1.29, 1.82) is 0 Å². The maximum absolute atomic E-state index is 12.4. The zero-order valence-corrected chi connectivity index (χ0v) is 15.3. The predicted octanol–water partition coefficient (Wildman–Crippen LogP) is 1.51. The molecule has 1 aromatic rings. The molecule has 1 fully saturated rings. The first-order valence-corrected chi connectivity index (χ1v) is 9.84. The van der Waals surface area contributed by atoms with E-state index in [-0.39, 0.29) is 23.6 Å². The molecule has 25 heavy (non-hydrogen) atoms. The zero-order chi connectivity index (χ0) is 18.3. The van der Waals surface area contributed by atoms with Gasteiger partial charge in [-0.3, -0.25) is 0 Å². The highest BCUT2D eigenvalue weighted by Gasteiger charge is 2.34. The SMILES string of the molecule is COCCN(C(=O)N/C=C/c1ccc(OC)cc1)C1CCS(=O)(=O)C1. The van der Waals surface area contributed by atoms with E-state index in [0.717, 1.165) is 11.3 Å². The average Bonchev–Trinajstić information content (AvgIpc) is 2.95. The summed E-state index contributed by atoms with van der Waals surface area (Å²) in [5.74, 6) is 0.886. The molecule has 2 rings (SSSR count). The van der Waals surface area contributed by atoms with E-state index in [1.54, 1.807) is 26.5 Å². The summed E-state index contributed by atoms with van der Waals surface area (Å²) < 4.78 is 33.5. The molecule has 7 nitrogen and oxygen atoms in total. The van der Waals surface area contributed by atoms with Crippen molar-refractivity contribution in [2.24, 2.45) is 0 Å². The molecule has 0 radical (unpaired) electrons. The van der Waals surface area contributed by atoms with Crippen LogP contribution in [0.5, 0.6) is 5.75 Å². The number of carbonyl (C=O) groups is 1. The van der Waals surface area contributed by atoms with Crippen LogP contribution in [0.1, 0.15) is 12.0 Å². The normalized spacial score (nSPS) is 19.0. The summed E-state index contributed by atoms with van der Waals surface area (Å²) in [5.41, 5.74) is 0.910. The van der Waals surface area contributed by atoms with E-state index in [2.05, 4.69) is 5.32 Å². The Bertz CT molecular complexity index is 700. The highest BCUT2D eigenvalue weighted by atomic mass is 32.2. The maximum atomic E-state index is 12.4. The lowest BCUT2D eigenvalue weighted by Gasteiger charge is -2.27. The minimum absolute atomic E-state index is 0.00628. The third-order valence-electron chi connectivity index (χ3n) is 4.04. The van der Waals surface area contributed by atoms with Gasteiger partial charge >= 0.3 is 6.03 Å². The zero-order valence-electron chi connectivity index (χ0n) is 14.5. The number of rotatable bonds is 7. The number of ether oxygens (including phenoxy) is 2. The van der Waals surface area contributed by atoms with Gasteiger partial charge in [0.1, 0.15) is 5.75 Å². The Morgan fingerprint density at radius 2 is 2.04 bits per heavy atom. The molecule has 1 aliphatic heterocycles. The molecule has 1 atom stereocenters. The van der Waals surface area contributed by atoms with E-state index in [4.69, 9.17) is 9.47 Å². The highest BCUT2D eigenvalue weighted by Crippen LogP contribution is 2.18. The van der Waals surface area contributed by atoms with Crippen molar-refractivity contribution in [3.63, 3.8) is 0 Å². The lowest BCUT2D eigenvalue weighted by atomic mass is 10.2. The summed E-state index contributed by atoms with van der Waals surface area (Å²) in [6.07, 6.45) is 3.77. The molecule has 2 amide bonds. The fourth-order valence-corrected chi connectivity index (χ4v) is 4.40. The van der Waals surface area contributed by atoms with Crippen LogP contribution in [0, 0.1) is 0 Å². The summed E-state index contributed by atoms with van der Waals surface area (Å²) in [6.45, 7) is 0.699. The highest BCUT2D eigenvalue weighted by molar-refractivity contribution is 7.91. The number of carbonyl (C=O) groups excluding carboxylic acids is 1. The van der Waals surface area contributed by atoms with Crippen LogP contribution in [0.2, 0.25) is 0 Å². The average molecular weight is 368 g/mol. The summed E-state index contributed by atoms with van der Waals surface area (Å²) >= 11 is 0. The summed E-state index contributed by atoms with van der Waals surface area (Å²) in [6, 6.07) is 6.76. The van der Waals surface area contributed by atoms with Gasteiger partial charge < -0.3 is 19.7 Å². The van der Waals surface area contributed by atoms with Crippen LogP contribution in [0.4, 0.5) is 4.79 Å². The van der Waals surface area contributed by atoms with E-state index in [1.165, 1.54) is 4.90 Å². The number of amides is 2. The van der Waals surface area contributed by atoms with E-state index in [0.29, 0.717) is 19.6 Å². The van der Waals surface area contributed by atoms with Crippen LogP contribution in [-0.4, -0.2) is 64.3 Å². The maximum Gasteiger partial charge on any atom is 0.321 e.